The molecule has 1 fully saturated rings. The molecule has 2 N–H and O–H groups in total. The molecule has 0 aliphatic heterocycles. The van der Waals surface area contributed by atoms with Crippen molar-refractivity contribution in [2.24, 2.45) is 5.92 Å². The maximum Gasteiger partial charge on any atom is 0.119 e. The van der Waals surface area contributed by atoms with Gasteiger partial charge in [0.1, 0.15) is 5.75 Å². The Hall–Kier alpha value is -1.06. The molecule has 0 saturated heterocycles. The van der Waals surface area contributed by atoms with E-state index in [9.17, 15) is 5.11 Å². The molecule has 0 aromatic heterocycles. The lowest BCUT2D eigenvalue weighted by Crippen LogP contribution is -2.26. The number of aliphatic hydroxyl groups is 1. The van der Waals surface area contributed by atoms with Crippen molar-refractivity contribution in [1.82, 2.24) is 5.32 Å². The van der Waals surface area contributed by atoms with Gasteiger partial charge in [0, 0.05) is 6.54 Å². The molecule has 0 radical (unpaired) electrons. The van der Waals surface area contributed by atoms with Gasteiger partial charge >= 0.3 is 0 Å². The molecule has 1 unspecified atom stereocenters. The lowest BCUT2D eigenvalue weighted by Gasteiger charge is -2.15. The van der Waals surface area contributed by atoms with E-state index in [2.05, 4.69) is 5.32 Å². The maximum atomic E-state index is 10.1. The predicted molar refractivity (Wildman–Crippen MR) is 72.8 cm³/mol. The third-order valence-electron chi connectivity index (χ3n) is 3.72. The SMILES string of the molecule is COc1cccc(C(O)CNCC2CCCC2)c1. The van der Waals surface area contributed by atoms with E-state index in [1.807, 2.05) is 24.3 Å². The highest BCUT2D eigenvalue weighted by atomic mass is 16.5. The first-order valence-electron chi connectivity index (χ1n) is 6.82. The van der Waals surface area contributed by atoms with Crippen molar-refractivity contribution in [3.05, 3.63) is 29.8 Å². The minimum atomic E-state index is -0.457. The Kier molecular flexibility index (Phi) is 5.02. The fourth-order valence-electron chi connectivity index (χ4n) is 2.61. The van der Waals surface area contributed by atoms with E-state index < -0.39 is 6.10 Å². The zero-order valence-corrected chi connectivity index (χ0v) is 11.1. The van der Waals surface area contributed by atoms with Gasteiger partial charge in [-0.2, -0.15) is 0 Å². The number of aliphatic hydroxyl groups excluding tert-OH is 1. The van der Waals surface area contributed by atoms with Crippen LogP contribution in [0.4, 0.5) is 0 Å². The smallest absolute Gasteiger partial charge is 0.119 e. The second kappa shape index (κ2) is 6.76. The number of methoxy groups -OCH3 is 1. The van der Waals surface area contributed by atoms with Crippen molar-refractivity contribution in [3.63, 3.8) is 0 Å². The fourth-order valence-corrected chi connectivity index (χ4v) is 2.61. The van der Waals surface area contributed by atoms with Crippen molar-refractivity contribution in [3.8, 4) is 5.75 Å². The van der Waals surface area contributed by atoms with Gasteiger partial charge in [0.05, 0.1) is 13.2 Å². The molecule has 2 rings (SSSR count). The Balaban J connectivity index is 1.77. The molecule has 1 aromatic carbocycles. The Morgan fingerprint density at radius 2 is 2.17 bits per heavy atom. The lowest BCUT2D eigenvalue weighted by molar-refractivity contribution is 0.172. The number of ether oxygens (including phenoxy) is 1. The molecular formula is C15H23NO2. The quantitative estimate of drug-likeness (QED) is 0.814. The van der Waals surface area contributed by atoms with Crippen LogP contribution >= 0.6 is 0 Å². The molecular weight excluding hydrogens is 226 g/mol. The summed E-state index contributed by atoms with van der Waals surface area (Å²) in [5, 5.41) is 13.5. The van der Waals surface area contributed by atoms with Crippen LogP contribution in [0.3, 0.4) is 0 Å². The summed E-state index contributed by atoms with van der Waals surface area (Å²) in [5.74, 6) is 1.60. The van der Waals surface area contributed by atoms with Crippen LogP contribution in [0.1, 0.15) is 37.4 Å². The van der Waals surface area contributed by atoms with Gasteiger partial charge in [-0.05, 0) is 43.0 Å². The summed E-state index contributed by atoms with van der Waals surface area (Å²) in [6.45, 7) is 1.64. The average molecular weight is 249 g/mol. The van der Waals surface area contributed by atoms with Crippen molar-refractivity contribution < 1.29 is 9.84 Å². The molecule has 1 aliphatic rings. The summed E-state index contributed by atoms with van der Waals surface area (Å²) >= 11 is 0. The standard InChI is InChI=1S/C15H23NO2/c1-18-14-8-4-7-13(9-14)15(17)11-16-10-12-5-2-3-6-12/h4,7-9,12,15-17H,2-3,5-6,10-11H2,1H3. The van der Waals surface area contributed by atoms with E-state index in [1.165, 1.54) is 25.7 Å². The van der Waals surface area contributed by atoms with Crippen molar-refractivity contribution in [1.29, 1.82) is 0 Å². The van der Waals surface area contributed by atoms with Crippen LogP contribution < -0.4 is 10.1 Å². The van der Waals surface area contributed by atoms with Gasteiger partial charge < -0.3 is 15.2 Å². The van der Waals surface area contributed by atoms with Crippen molar-refractivity contribution in [2.75, 3.05) is 20.2 Å². The number of benzene rings is 1. The van der Waals surface area contributed by atoms with E-state index in [4.69, 9.17) is 4.74 Å². The molecule has 0 spiro atoms. The highest BCUT2D eigenvalue weighted by molar-refractivity contribution is 5.29. The van der Waals surface area contributed by atoms with Gasteiger partial charge in [-0.25, -0.2) is 0 Å². The second-order valence-corrected chi connectivity index (χ2v) is 5.10. The minimum Gasteiger partial charge on any atom is -0.497 e. The Labute approximate surface area is 109 Å². The molecule has 18 heavy (non-hydrogen) atoms. The molecule has 1 aliphatic carbocycles. The summed E-state index contributed by atoms with van der Waals surface area (Å²) in [7, 11) is 1.64. The molecule has 3 heteroatoms. The van der Waals surface area contributed by atoms with Gasteiger partial charge in [-0.15, -0.1) is 0 Å². The fraction of sp³-hybridized carbons (Fsp3) is 0.600. The summed E-state index contributed by atoms with van der Waals surface area (Å²) in [6.07, 6.45) is 4.95. The van der Waals surface area contributed by atoms with E-state index in [0.717, 1.165) is 23.8 Å². The number of hydrogen-bond acceptors (Lipinski definition) is 3. The van der Waals surface area contributed by atoms with Crippen LogP contribution in [0.25, 0.3) is 0 Å². The normalized spacial score (nSPS) is 17.9. The largest absolute Gasteiger partial charge is 0.497 e. The van der Waals surface area contributed by atoms with Gasteiger partial charge in [0.2, 0.25) is 0 Å². The van der Waals surface area contributed by atoms with E-state index in [0.29, 0.717) is 6.54 Å². The van der Waals surface area contributed by atoms with Gasteiger partial charge in [0.15, 0.2) is 0 Å². The topological polar surface area (TPSA) is 41.5 Å². The van der Waals surface area contributed by atoms with E-state index in [-0.39, 0.29) is 0 Å². The third kappa shape index (κ3) is 3.72. The molecule has 100 valence electrons. The van der Waals surface area contributed by atoms with Gasteiger partial charge in [0.25, 0.3) is 0 Å². The zero-order valence-electron chi connectivity index (χ0n) is 11.1. The average Bonchev–Trinajstić information content (AvgIpc) is 2.92. The number of hydrogen-bond donors (Lipinski definition) is 2. The van der Waals surface area contributed by atoms with Crippen LogP contribution in [0.15, 0.2) is 24.3 Å². The summed E-state index contributed by atoms with van der Waals surface area (Å²) in [5.41, 5.74) is 0.910. The Morgan fingerprint density at radius 1 is 1.39 bits per heavy atom. The second-order valence-electron chi connectivity index (χ2n) is 5.10. The van der Waals surface area contributed by atoms with Crippen molar-refractivity contribution in [2.45, 2.75) is 31.8 Å². The molecule has 0 heterocycles. The summed E-state index contributed by atoms with van der Waals surface area (Å²) in [4.78, 5) is 0. The van der Waals surface area contributed by atoms with Crippen LogP contribution in [-0.2, 0) is 0 Å². The van der Waals surface area contributed by atoms with Gasteiger partial charge in [-0.1, -0.05) is 25.0 Å². The van der Waals surface area contributed by atoms with Crippen LogP contribution in [-0.4, -0.2) is 25.3 Å². The zero-order chi connectivity index (χ0) is 12.8. The Morgan fingerprint density at radius 3 is 2.89 bits per heavy atom. The highest BCUT2D eigenvalue weighted by Crippen LogP contribution is 2.24. The Bertz CT molecular complexity index is 361. The molecule has 1 aromatic rings. The monoisotopic (exact) mass is 249 g/mol. The first kappa shape index (κ1) is 13.4. The summed E-state index contributed by atoms with van der Waals surface area (Å²) < 4.78 is 5.16. The highest BCUT2D eigenvalue weighted by Gasteiger charge is 2.15. The third-order valence-corrected chi connectivity index (χ3v) is 3.72. The molecule has 0 amide bonds. The molecule has 3 nitrogen and oxygen atoms in total. The number of rotatable bonds is 6. The maximum absolute atomic E-state index is 10.1. The molecule has 1 saturated carbocycles. The first-order chi connectivity index (χ1) is 8.79. The molecule has 0 bridgehead atoms. The predicted octanol–water partition coefficient (Wildman–Crippen LogP) is 2.51. The minimum absolute atomic E-state index is 0.457. The van der Waals surface area contributed by atoms with Crippen LogP contribution in [0, 0.1) is 5.92 Å². The van der Waals surface area contributed by atoms with E-state index >= 15 is 0 Å². The van der Waals surface area contributed by atoms with E-state index in [1.54, 1.807) is 7.11 Å². The van der Waals surface area contributed by atoms with Gasteiger partial charge in [-0.3, -0.25) is 0 Å². The van der Waals surface area contributed by atoms with Crippen LogP contribution in [0.2, 0.25) is 0 Å². The van der Waals surface area contributed by atoms with Crippen molar-refractivity contribution >= 4 is 0 Å². The van der Waals surface area contributed by atoms with Crippen LogP contribution in [0.5, 0.6) is 5.75 Å². The number of nitrogens with one attached hydrogen (secondary N) is 1. The molecule has 1 atom stereocenters. The lowest BCUT2D eigenvalue weighted by atomic mass is 10.1. The summed E-state index contributed by atoms with van der Waals surface area (Å²) in [6, 6.07) is 7.63. The first-order valence-corrected chi connectivity index (χ1v) is 6.82.